The molecule has 3 aromatic rings. The van der Waals surface area contributed by atoms with Crippen LogP contribution in [0, 0.1) is 0 Å². The van der Waals surface area contributed by atoms with E-state index in [1.807, 2.05) is 32.9 Å². The van der Waals surface area contributed by atoms with Crippen molar-refractivity contribution in [3.05, 3.63) is 94.7 Å². The van der Waals surface area contributed by atoms with Crippen molar-refractivity contribution in [2.45, 2.75) is 39.9 Å². The largest absolute Gasteiger partial charge is 0.452 e. The Hall–Kier alpha value is -3.59. The second kappa shape index (κ2) is 12.9. The van der Waals surface area contributed by atoms with Crippen molar-refractivity contribution in [1.29, 1.82) is 0 Å². The van der Waals surface area contributed by atoms with Crippen LogP contribution in [0.2, 0.25) is 5.02 Å². The highest BCUT2D eigenvalue weighted by Crippen LogP contribution is 2.27. The molecule has 0 amide bonds. The minimum absolute atomic E-state index is 0.274. The molecule has 0 saturated heterocycles. The smallest absolute Gasteiger partial charge is 0.433 e. The molecule has 0 aliphatic heterocycles. The first-order chi connectivity index (χ1) is 17.1. The lowest BCUT2D eigenvalue weighted by atomic mass is 10.0. The lowest BCUT2D eigenvalue weighted by Crippen LogP contribution is -2.12. The van der Waals surface area contributed by atoms with E-state index < -0.39 is 18.0 Å². The molecule has 3 rings (SSSR count). The zero-order valence-electron chi connectivity index (χ0n) is 20.5. The summed E-state index contributed by atoms with van der Waals surface area (Å²) in [5.41, 5.74) is 2.44. The van der Waals surface area contributed by atoms with E-state index in [9.17, 15) is 18.0 Å². The summed E-state index contributed by atoms with van der Waals surface area (Å²) in [7, 11) is 1.29. The van der Waals surface area contributed by atoms with E-state index in [-0.39, 0.29) is 6.54 Å². The number of nitrogens with one attached hydrogen (secondary N) is 1. The molecule has 0 fully saturated rings. The van der Waals surface area contributed by atoms with E-state index in [0.717, 1.165) is 22.6 Å². The van der Waals surface area contributed by atoms with Gasteiger partial charge in [0, 0.05) is 36.2 Å². The Morgan fingerprint density at radius 2 is 1.94 bits per heavy atom. The van der Waals surface area contributed by atoms with E-state index >= 15 is 0 Å². The van der Waals surface area contributed by atoms with Gasteiger partial charge in [0.1, 0.15) is 11.3 Å². The first kappa shape index (κ1) is 28.6. The SMILES string of the molecule is C=C(/C=C\C(=C/C)Cc1cn(C(=O)OC)c2ncc(Cl)cc12)NCc1ccc(C(F)(F)F)nc1.CC. The number of hydrogen-bond acceptors (Lipinski definition) is 5. The third-order valence-electron chi connectivity index (χ3n) is 4.96. The summed E-state index contributed by atoms with van der Waals surface area (Å²) in [6, 6.07) is 4.06. The monoisotopic (exact) mass is 520 g/mol. The van der Waals surface area contributed by atoms with E-state index in [1.54, 1.807) is 18.3 Å². The van der Waals surface area contributed by atoms with E-state index in [4.69, 9.17) is 16.3 Å². The summed E-state index contributed by atoms with van der Waals surface area (Å²) < 4.78 is 44.0. The van der Waals surface area contributed by atoms with Crippen molar-refractivity contribution in [2.24, 2.45) is 0 Å². The standard InChI is InChI=1S/C24H22ClF3N4O2.C2H6/c1-4-16(6-5-15(2)29-11-17-7-8-21(30-12-17)24(26,27)28)9-18-14-32(23(33)34-3)22-20(18)10-19(25)13-31-22;1-2/h4-8,10,12-14,29H,2,9,11H2,1,3H3;1-2H3/b6-5-,16-4+;. The topological polar surface area (TPSA) is 69.0 Å². The molecular formula is C26H28ClF3N4O2. The van der Waals surface area contributed by atoms with Gasteiger partial charge in [0.2, 0.25) is 0 Å². The molecule has 192 valence electrons. The minimum atomic E-state index is -4.47. The fourth-order valence-corrected chi connectivity index (χ4v) is 3.34. The highest BCUT2D eigenvalue weighted by molar-refractivity contribution is 6.31. The summed E-state index contributed by atoms with van der Waals surface area (Å²) in [6.45, 7) is 10.1. The molecule has 0 aliphatic carbocycles. The predicted octanol–water partition coefficient (Wildman–Crippen LogP) is 7.09. The minimum Gasteiger partial charge on any atom is -0.452 e. The van der Waals surface area contributed by atoms with E-state index in [1.165, 1.54) is 30.1 Å². The van der Waals surface area contributed by atoms with Crippen molar-refractivity contribution in [2.75, 3.05) is 7.11 Å². The molecule has 0 spiro atoms. The van der Waals surface area contributed by atoms with Crippen LogP contribution in [0.1, 0.15) is 37.6 Å². The molecule has 0 unspecified atom stereocenters. The number of carbonyl (C=O) groups excluding carboxylic acids is 1. The fraction of sp³-hybridized carbons (Fsp3) is 0.269. The van der Waals surface area contributed by atoms with Crippen LogP contribution in [0.3, 0.4) is 0 Å². The van der Waals surface area contributed by atoms with Crippen molar-refractivity contribution in [3.8, 4) is 0 Å². The van der Waals surface area contributed by atoms with Gasteiger partial charge in [-0.15, -0.1) is 0 Å². The second-order valence-electron chi connectivity index (χ2n) is 7.32. The molecule has 0 aromatic carbocycles. The van der Waals surface area contributed by atoms with Crippen LogP contribution in [0.15, 0.2) is 72.9 Å². The molecule has 0 aliphatic rings. The molecule has 0 atom stereocenters. The summed E-state index contributed by atoms with van der Waals surface area (Å²) in [6.07, 6.45) is 5.32. The number of ether oxygens (including phenoxy) is 1. The van der Waals surface area contributed by atoms with Crippen molar-refractivity contribution in [3.63, 3.8) is 0 Å². The Morgan fingerprint density at radius 1 is 1.22 bits per heavy atom. The van der Waals surface area contributed by atoms with Crippen molar-refractivity contribution in [1.82, 2.24) is 19.9 Å². The van der Waals surface area contributed by atoms with E-state index in [0.29, 0.717) is 28.4 Å². The maximum Gasteiger partial charge on any atom is 0.433 e. The Kier molecular flexibility index (Phi) is 10.3. The number of rotatable bonds is 7. The average Bonchev–Trinajstić information content (AvgIpc) is 3.22. The maximum absolute atomic E-state index is 12.6. The summed E-state index contributed by atoms with van der Waals surface area (Å²) in [5, 5.41) is 4.22. The molecule has 1 N–H and O–H groups in total. The number of allylic oxidation sites excluding steroid dienone is 4. The summed E-state index contributed by atoms with van der Waals surface area (Å²) in [5.74, 6) is 0. The molecule has 6 nitrogen and oxygen atoms in total. The zero-order valence-corrected chi connectivity index (χ0v) is 21.2. The molecule has 0 radical (unpaired) electrons. The number of halogens is 4. The van der Waals surface area contributed by atoms with Crippen LogP contribution >= 0.6 is 11.6 Å². The number of hydrogen-bond donors (Lipinski definition) is 1. The van der Waals surface area contributed by atoms with Crippen molar-refractivity contribution < 1.29 is 22.7 Å². The second-order valence-corrected chi connectivity index (χ2v) is 7.76. The first-order valence-corrected chi connectivity index (χ1v) is 11.5. The predicted molar refractivity (Wildman–Crippen MR) is 136 cm³/mol. The third kappa shape index (κ3) is 7.45. The number of nitrogens with zero attached hydrogens (tertiary/aromatic N) is 3. The number of methoxy groups -OCH3 is 1. The average molecular weight is 521 g/mol. The van der Waals surface area contributed by atoms with Crippen LogP contribution in [0.4, 0.5) is 18.0 Å². The van der Waals surface area contributed by atoms with Gasteiger partial charge in [-0.25, -0.2) is 14.3 Å². The van der Waals surface area contributed by atoms with Crippen molar-refractivity contribution >= 4 is 28.7 Å². The molecule has 0 saturated carbocycles. The van der Waals surface area contributed by atoms with Crippen LogP contribution in [0.25, 0.3) is 11.0 Å². The number of aromatic nitrogens is 3. The van der Waals surface area contributed by atoms with Crippen LogP contribution in [-0.4, -0.2) is 27.7 Å². The Labute approximate surface area is 213 Å². The van der Waals surface area contributed by atoms with Gasteiger partial charge >= 0.3 is 12.3 Å². The van der Waals surface area contributed by atoms with Gasteiger partial charge in [-0.2, -0.15) is 13.2 Å². The highest BCUT2D eigenvalue weighted by atomic mass is 35.5. The van der Waals surface area contributed by atoms with Gasteiger partial charge in [-0.3, -0.25) is 4.98 Å². The zero-order chi connectivity index (χ0) is 26.9. The van der Waals surface area contributed by atoms with Gasteiger partial charge in [0.05, 0.1) is 12.1 Å². The van der Waals surface area contributed by atoms with Gasteiger partial charge in [0.25, 0.3) is 0 Å². The summed E-state index contributed by atoms with van der Waals surface area (Å²) >= 11 is 6.11. The van der Waals surface area contributed by atoms with Gasteiger partial charge in [-0.1, -0.05) is 50.2 Å². The number of alkyl halides is 3. The first-order valence-electron chi connectivity index (χ1n) is 11.1. The lowest BCUT2D eigenvalue weighted by molar-refractivity contribution is -0.141. The molecular weight excluding hydrogens is 493 g/mol. The maximum atomic E-state index is 12.6. The van der Waals surface area contributed by atoms with Crippen LogP contribution in [0.5, 0.6) is 0 Å². The quantitative estimate of drug-likeness (QED) is 0.337. The number of pyridine rings is 2. The Bertz CT molecular complexity index is 1260. The fourth-order valence-electron chi connectivity index (χ4n) is 3.18. The van der Waals surface area contributed by atoms with Gasteiger partial charge < -0.3 is 10.1 Å². The normalized spacial score (nSPS) is 11.8. The van der Waals surface area contributed by atoms with Gasteiger partial charge in [-0.05, 0) is 48.3 Å². The van der Waals surface area contributed by atoms with E-state index in [2.05, 4.69) is 21.9 Å². The van der Waals surface area contributed by atoms with Crippen LogP contribution < -0.4 is 5.32 Å². The summed E-state index contributed by atoms with van der Waals surface area (Å²) in [4.78, 5) is 19.8. The molecule has 0 bridgehead atoms. The molecule has 3 aromatic heterocycles. The number of fused-ring (bicyclic) bond motifs is 1. The Morgan fingerprint density at radius 3 is 2.53 bits per heavy atom. The molecule has 3 heterocycles. The van der Waals surface area contributed by atoms with Gasteiger partial charge in [0.15, 0.2) is 0 Å². The molecule has 36 heavy (non-hydrogen) atoms. The third-order valence-corrected chi connectivity index (χ3v) is 5.17. The highest BCUT2D eigenvalue weighted by Gasteiger charge is 2.31. The molecule has 10 heteroatoms. The lowest BCUT2D eigenvalue weighted by Gasteiger charge is -2.09. The van der Waals surface area contributed by atoms with Crippen LogP contribution in [-0.2, 0) is 23.9 Å². The Balaban J connectivity index is 0.00000222. The number of carbonyl (C=O) groups is 1.